The summed E-state index contributed by atoms with van der Waals surface area (Å²) in [6, 6.07) is -0.489. The van der Waals surface area contributed by atoms with Gasteiger partial charge in [-0.2, -0.15) is 0 Å². The number of nitrogens with one attached hydrogen (secondary N) is 1. The SMILES string of the molecule is CC(C)C[C@H](NCC(=O)Cl)C(=O)OC(C)(C)C. The average Bonchev–Trinajstić information content (AvgIpc) is 2.08. The van der Waals surface area contributed by atoms with Gasteiger partial charge in [-0.15, -0.1) is 0 Å². The van der Waals surface area contributed by atoms with Crippen molar-refractivity contribution in [3.05, 3.63) is 0 Å². The zero-order valence-electron chi connectivity index (χ0n) is 11.2. The molecule has 0 heterocycles. The number of rotatable bonds is 6. The second-order valence-electron chi connectivity index (χ2n) is 5.45. The van der Waals surface area contributed by atoms with E-state index in [0.717, 1.165) is 0 Å². The molecule has 0 unspecified atom stereocenters. The molecule has 0 rings (SSSR count). The first-order valence-electron chi connectivity index (χ1n) is 5.76. The molecule has 0 saturated heterocycles. The highest BCUT2D eigenvalue weighted by Crippen LogP contribution is 2.12. The molecule has 0 aromatic heterocycles. The summed E-state index contributed by atoms with van der Waals surface area (Å²) in [7, 11) is 0. The van der Waals surface area contributed by atoms with Gasteiger partial charge in [0.25, 0.3) is 0 Å². The maximum Gasteiger partial charge on any atom is 0.323 e. The Labute approximate surface area is 108 Å². The van der Waals surface area contributed by atoms with E-state index in [1.54, 1.807) is 0 Å². The largest absolute Gasteiger partial charge is 0.459 e. The number of hydrogen-bond acceptors (Lipinski definition) is 4. The lowest BCUT2D eigenvalue weighted by Crippen LogP contribution is -2.43. The highest BCUT2D eigenvalue weighted by atomic mass is 35.5. The Kier molecular flexibility index (Phi) is 6.72. The predicted molar refractivity (Wildman–Crippen MR) is 68.0 cm³/mol. The molecular formula is C12H22ClNO3. The Morgan fingerprint density at radius 3 is 2.18 bits per heavy atom. The van der Waals surface area contributed by atoms with Gasteiger partial charge in [-0.3, -0.25) is 14.9 Å². The minimum Gasteiger partial charge on any atom is -0.459 e. The molecule has 1 atom stereocenters. The summed E-state index contributed by atoms with van der Waals surface area (Å²) in [6.45, 7) is 9.40. The van der Waals surface area contributed by atoms with E-state index in [1.807, 2.05) is 34.6 Å². The van der Waals surface area contributed by atoms with Crippen molar-refractivity contribution in [1.82, 2.24) is 5.32 Å². The summed E-state index contributed by atoms with van der Waals surface area (Å²) in [5, 5.41) is 2.31. The van der Waals surface area contributed by atoms with Gasteiger partial charge in [0, 0.05) is 0 Å². The van der Waals surface area contributed by atoms with Crippen LogP contribution in [-0.4, -0.2) is 29.4 Å². The average molecular weight is 264 g/mol. The second-order valence-corrected chi connectivity index (χ2v) is 5.87. The fraction of sp³-hybridized carbons (Fsp3) is 0.833. The van der Waals surface area contributed by atoms with Crippen molar-refractivity contribution in [1.29, 1.82) is 0 Å². The van der Waals surface area contributed by atoms with Crippen LogP contribution in [0.2, 0.25) is 0 Å². The summed E-state index contributed by atoms with van der Waals surface area (Å²) in [4.78, 5) is 22.6. The molecule has 17 heavy (non-hydrogen) atoms. The van der Waals surface area contributed by atoms with E-state index in [1.165, 1.54) is 0 Å². The third-order valence-electron chi connectivity index (χ3n) is 1.89. The molecule has 0 aliphatic heterocycles. The first-order chi connectivity index (χ1) is 7.61. The molecule has 0 aromatic rings. The third-order valence-corrected chi connectivity index (χ3v) is 2.02. The molecule has 0 aliphatic carbocycles. The van der Waals surface area contributed by atoms with E-state index in [2.05, 4.69) is 5.32 Å². The Morgan fingerprint density at radius 1 is 1.29 bits per heavy atom. The maximum absolute atomic E-state index is 11.9. The Hall–Kier alpha value is -0.610. The van der Waals surface area contributed by atoms with Crippen LogP contribution >= 0.6 is 11.6 Å². The van der Waals surface area contributed by atoms with E-state index < -0.39 is 16.9 Å². The van der Waals surface area contributed by atoms with Gasteiger partial charge in [0.05, 0.1) is 6.54 Å². The van der Waals surface area contributed by atoms with Crippen LogP contribution < -0.4 is 5.32 Å². The standard InChI is InChI=1S/C12H22ClNO3/c1-8(2)6-9(14-7-10(13)15)11(16)17-12(3,4)5/h8-9,14H,6-7H2,1-5H3/t9-/m0/s1. The summed E-state index contributed by atoms with van der Waals surface area (Å²) in [5.74, 6) is -0.0189. The van der Waals surface area contributed by atoms with Gasteiger partial charge in [-0.25, -0.2) is 0 Å². The van der Waals surface area contributed by atoms with Crippen LogP contribution in [0.1, 0.15) is 41.0 Å². The first kappa shape index (κ1) is 16.4. The van der Waals surface area contributed by atoms with E-state index in [4.69, 9.17) is 16.3 Å². The lowest BCUT2D eigenvalue weighted by atomic mass is 10.0. The van der Waals surface area contributed by atoms with Gasteiger partial charge in [0.15, 0.2) is 0 Å². The van der Waals surface area contributed by atoms with Crippen LogP contribution in [0.15, 0.2) is 0 Å². The third kappa shape index (κ3) is 9.12. The number of ether oxygens (including phenoxy) is 1. The zero-order valence-corrected chi connectivity index (χ0v) is 11.9. The van der Waals surface area contributed by atoms with Gasteiger partial charge in [-0.05, 0) is 44.7 Å². The summed E-state index contributed by atoms with van der Waals surface area (Å²) >= 11 is 5.24. The minimum atomic E-state index is -0.529. The molecule has 5 heteroatoms. The topological polar surface area (TPSA) is 55.4 Å². The monoisotopic (exact) mass is 263 g/mol. The lowest BCUT2D eigenvalue weighted by Gasteiger charge is -2.25. The van der Waals surface area contributed by atoms with Gasteiger partial charge in [-0.1, -0.05) is 13.8 Å². The molecule has 4 nitrogen and oxygen atoms in total. The van der Waals surface area contributed by atoms with Crippen molar-refractivity contribution in [3.63, 3.8) is 0 Å². The molecule has 0 saturated carbocycles. The Morgan fingerprint density at radius 2 is 1.82 bits per heavy atom. The minimum absolute atomic E-state index is 0.0296. The molecule has 0 fully saturated rings. The molecule has 0 bridgehead atoms. The molecule has 0 aliphatic rings. The molecular weight excluding hydrogens is 242 g/mol. The normalized spacial score (nSPS) is 13.6. The van der Waals surface area contributed by atoms with Crippen LogP contribution in [0.3, 0.4) is 0 Å². The van der Waals surface area contributed by atoms with Crippen molar-refractivity contribution in [2.45, 2.75) is 52.7 Å². The van der Waals surface area contributed by atoms with Gasteiger partial charge in [0.2, 0.25) is 5.24 Å². The fourth-order valence-electron chi connectivity index (χ4n) is 1.31. The van der Waals surface area contributed by atoms with Crippen molar-refractivity contribution in [2.75, 3.05) is 6.54 Å². The molecule has 0 aromatic carbocycles. The van der Waals surface area contributed by atoms with Gasteiger partial charge in [0.1, 0.15) is 11.6 Å². The molecule has 0 spiro atoms. The quantitative estimate of drug-likeness (QED) is 0.589. The number of carbonyl (C=O) groups is 2. The Bertz CT molecular complexity index is 271. The van der Waals surface area contributed by atoms with E-state index in [0.29, 0.717) is 12.3 Å². The van der Waals surface area contributed by atoms with Crippen LogP contribution in [0.25, 0.3) is 0 Å². The van der Waals surface area contributed by atoms with E-state index in [-0.39, 0.29) is 12.5 Å². The van der Waals surface area contributed by atoms with Crippen molar-refractivity contribution in [2.24, 2.45) is 5.92 Å². The summed E-state index contributed by atoms with van der Waals surface area (Å²) < 4.78 is 5.28. The molecule has 1 N–H and O–H groups in total. The van der Waals surface area contributed by atoms with Gasteiger partial charge >= 0.3 is 5.97 Å². The number of carbonyl (C=O) groups excluding carboxylic acids is 2. The number of esters is 1. The highest BCUT2D eigenvalue weighted by Gasteiger charge is 2.25. The Balaban J connectivity index is 4.45. The van der Waals surface area contributed by atoms with Crippen LogP contribution in [0.4, 0.5) is 0 Å². The van der Waals surface area contributed by atoms with E-state index >= 15 is 0 Å². The second kappa shape index (κ2) is 6.97. The summed E-state index contributed by atoms with van der Waals surface area (Å²) in [5.41, 5.74) is -0.529. The zero-order chi connectivity index (χ0) is 13.6. The van der Waals surface area contributed by atoms with Crippen LogP contribution in [-0.2, 0) is 14.3 Å². The fourth-order valence-corrected chi connectivity index (χ4v) is 1.39. The van der Waals surface area contributed by atoms with Crippen LogP contribution in [0, 0.1) is 5.92 Å². The van der Waals surface area contributed by atoms with Crippen molar-refractivity contribution < 1.29 is 14.3 Å². The lowest BCUT2D eigenvalue weighted by molar-refractivity contribution is -0.157. The summed E-state index contributed by atoms with van der Waals surface area (Å²) in [6.07, 6.45) is 0.610. The highest BCUT2D eigenvalue weighted by molar-refractivity contribution is 6.64. The molecule has 100 valence electrons. The first-order valence-corrected chi connectivity index (χ1v) is 6.14. The van der Waals surface area contributed by atoms with Crippen molar-refractivity contribution >= 4 is 22.8 Å². The van der Waals surface area contributed by atoms with Gasteiger partial charge < -0.3 is 4.74 Å². The van der Waals surface area contributed by atoms with E-state index in [9.17, 15) is 9.59 Å². The smallest absolute Gasteiger partial charge is 0.323 e. The number of halogens is 1. The van der Waals surface area contributed by atoms with Crippen molar-refractivity contribution in [3.8, 4) is 0 Å². The number of hydrogen-bond donors (Lipinski definition) is 1. The maximum atomic E-state index is 11.9. The predicted octanol–water partition coefficient (Wildman–Crippen LogP) is 2.10. The molecule has 0 amide bonds. The van der Waals surface area contributed by atoms with Crippen LogP contribution in [0.5, 0.6) is 0 Å². The molecule has 0 radical (unpaired) electrons.